The van der Waals surface area contributed by atoms with Crippen molar-refractivity contribution < 1.29 is 22.4 Å². The number of rotatable bonds is 4. The number of amides is 1. The van der Waals surface area contributed by atoms with E-state index >= 15 is 0 Å². The number of nitrogens with zero attached hydrogens (tertiary/aromatic N) is 5. The highest BCUT2D eigenvalue weighted by atomic mass is 19.4. The number of pyridine rings is 1. The van der Waals surface area contributed by atoms with Gasteiger partial charge >= 0.3 is 6.18 Å². The molecule has 0 atom stereocenters. The number of alkyl halides is 3. The highest BCUT2D eigenvalue weighted by Crippen LogP contribution is 2.34. The Morgan fingerprint density at radius 1 is 1.38 bits per heavy atom. The molecule has 1 saturated carbocycles. The molecule has 1 aliphatic rings. The lowest BCUT2D eigenvalue weighted by atomic mass is 10.1. The van der Waals surface area contributed by atoms with Crippen molar-refractivity contribution in [2.75, 3.05) is 13.6 Å². The zero-order valence-electron chi connectivity index (χ0n) is 13.7. The fourth-order valence-electron chi connectivity index (χ4n) is 2.77. The van der Waals surface area contributed by atoms with Crippen LogP contribution in [0.1, 0.15) is 29.0 Å². The Bertz CT molecular complexity index is 960. The second-order valence-corrected chi connectivity index (χ2v) is 6.35. The number of oxazole rings is 1. The maximum absolute atomic E-state index is 13.3. The normalized spacial score (nSPS) is 14.8. The van der Waals surface area contributed by atoms with Crippen LogP contribution >= 0.6 is 0 Å². The predicted octanol–water partition coefficient (Wildman–Crippen LogP) is 2.89. The average Bonchev–Trinajstić information content (AvgIpc) is 3.10. The van der Waals surface area contributed by atoms with Gasteiger partial charge in [-0.25, -0.2) is 4.98 Å². The Kier molecular flexibility index (Phi) is 3.70. The highest BCUT2D eigenvalue weighted by Gasteiger charge is 2.34. The largest absolute Gasteiger partial charge is 0.443 e. The molecule has 1 fully saturated rings. The van der Waals surface area contributed by atoms with Crippen LogP contribution in [0.5, 0.6) is 0 Å². The molecule has 3 heterocycles. The van der Waals surface area contributed by atoms with Gasteiger partial charge in [-0.1, -0.05) is 0 Å². The zero-order valence-corrected chi connectivity index (χ0v) is 13.7. The molecule has 10 heteroatoms. The summed E-state index contributed by atoms with van der Waals surface area (Å²) >= 11 is 0. The summed E-state index contributed by atoms with van der Waals surface area (Å²) in [6.07, 6.45) is 0.710. The molecule has 0 saturated heterocycles. The van der Waals surface area contributed by atoms with Crippen molar-refractivity contribution in [3.05, 3.63) is 36.2 Å². The summed E-state index contributed by atoms with van der Waals surface area (Å²) in [6.45, 7) is 0.543. The molecule has 0 aliphatic heterocycles. The molecule has 1 amide bonds. The van der Waals surface area contributed by atoms with Crippen LogP contribution in [0.3, 0.4) is 0 Å². The van der Waals surface area contributed by atoms with E-state index in [2.05, 4.69) is 15.2 Å². The molecular weight excluding hydrogens is 351 g/mol. The van der Waals surface area contributed by atoms with E-state index in [0.29, 0.717) is 12.5 Å². The zero-order chi connectivity index (χ0) is 18.5. The average molecular weight is 365 g/mol. The van der Waals surface area contributed by atoms with E-state index in [-0.39, 0.29) is 22.8 Å². The molecule has 1 aliphatic carbocycles. The maximum Gasteiger partial charge on any atom is 0.417 e. The summed E-state index contributed by atoms with van der Waals surface area (Å²) in [5.74, 6) is -0.0975. The Hall–Kier alpha value is -2.91. The number of halogens is 3. The molecule has 0 N–H and O–H groups in total. The van der Waals surface area contributed by atoms with Crippen molar-refractivity contribution >= 4 is 11.6 Å². The van der Waals surface area contributed by atoms with Gasteiger partial charge in [-0.05, 0) is 24.8 Å². The molecule has 3 aromatic rings. The van der Waals surface area contributed by atoms with Crippen molar-refractivity contribution in [2.24, 2.45) is 5.92 Å². The summed E-state index contributed by atoms with van der Waals surface area (Å²) in [6, 6.07) is 0.909. The van der Waals surface area contributed by atoms with Crippen LogP contribution in [0.4, 0.5) is 13.2 Å². The first-order valence-electron chi connectivity index (χ1n) is 7.95. The Morgan fingerprint density at radius 2 is 2.15 bits per heavy atom. The topological polar surface area (TPSA) is 76.5 Å². The summed E-state index contributed by atoms with van der Waals surface area (Å²) in [5.41, 5.74) is -0.776. The first-order chi connectivity index (χ1) is 12.3. The first-order valence-corrected chi connectivity index (χ1v) is 7.95. The summed E-state index contributed by atoms with van der Waals surface area (Å²) in [5, 5.41) is 7.74. The molecule has 136 valence electrons. The fraction of sp³-hybridized carbons (Fsp3) is 0.375. The van der Waals surface area contributed by atoms with Gasteiger partial charge < -0.3 is 9.32 Å². The quantitative estimate of drug-likeness (QED) is 0.711. The van der Waals surface area contributed by atoms with Gasteiger partial charge in [0, 0.05) is 19.8 Å². The second-order valence-electron chi connectivity index (χ2n) is 6.35. The minimum atomic E-state index is -4.60. The van der Waals surface area contributed by atoms with Gasteiger partial charge in [0.1, 0.15) is 0 Å². The van der Waals surface area contributed by atoms with Crippen LogP contribution in [0.15, 0.2) is 29.3 Å². The van der Waals surface area contributed by atoms with Crippen molar-refractivity contribution in [3.8, 4) is 11.3 Å². The molecule has 26 heavy (non-hydrogen) atoms. The van der Waals surface area contributed by atoms with Gasteiger partial charge in [-0.2, -0.15) is 13.2 Å². The molecule has 0 radical (unpaired) electrons. The third kappa shape index (κ3) is 2.91. The van der Waals surface area contributed by atoms with Crippen LogP contribution in [-0.2, 0) is 6.18 Å². The van der Waals surface area contributed by atoms with Crippen LogP contribution in [-0.4, -0.2) is 44.0 Å². The molecule has 0 unspecified atom stereocenters. The van der Waals surface area contributed by atoms with Crippen LogP contribution in [0.2, 0.25) is 0 Å². The smallest absolute Gasteiger partial charge is 0.417 e. The second kappa shape index (κ2) is 5.82. The fourth-order valence-corrected chi connectivity index (χ4v) is 2.77. The minimum absolute atomic E-state index is 0.0636. The van der Waals surface area contributed by atoms with Crippen molar-refractivity contribution in [3.63, 3.8) is 0 Å². The monoisotopic (exact) mass is 365 g/mol. The molecule has 0 spiro atoms. The van der Waals surface area contributed by atoms with E-state index in [1.165, 1.54) is 11.1 Å². The standard InChI is InChI=1S/C16H14F3N5O2/c1-23(6-9-2-3-9)15(25)14-22-21-13-11(12-5-20-8-26-12)4-10(7-24(13)14)16(17,18)19/h4-5,7-9H,2-3,6H2,1H3. The van der Waals surface area contributed by atoms with Crippen molar-refractivity contribution in [1.82, 2.24) is 24.5 Å². The summed E-state index contributed by atoms with van der Waals surface area (Å²) in [4.78, 5) is 17.8. The minimum Gasteiger partial charge on any atom is -0.443 e. The predicted molar refractivity (Wildman–Crippen MR) is 83.2 cm³/mol. The number of hydrogen-bond donors (Lipinski definition) is 0. The van der Waals surface area contributed by atoms with Crippen molar-refractivity contribution in [1.29, 1.82) is 0 Å². The Morgan fingerprint density at radius 3 is 2.77 bits per heavy atom. The third-order valence-corrected chi connectivity index (χ3v) is 4.30. The van der Waals surface area contributed by atoms with E-state index in [0.717, 1.165) is 35.9 Å². The van der Waals surface area contributed by atoms with Gasteiger partial charge in [0.2, 0.25) is 5.82 Å². The molecule has 0 bridgehead atoms. The summed E-state index contributed by atoms with van der Waals surface area (Å²) < 4.78 is 46.1. The SMILES string of the molecule is CN(CC1CC1)C(=O)c1nnc2c(-c3cnco3)cc(C(F)(F)F)cn12. The summed E-state index contributed by atoms with van der Waals surface area (Å²) in [7, 11) is 1.60. The number of carbonyl (C=O) groups excluding carboxylic acids is 1. The van der Waals surface area contributed by atoms with Gasteiger partial charge in [0.25, 0.3) is 5.91 Å². The number of aromatic nitrogens is 4. The molecule has 7 nitrogen and oxygen atoms in total. The highest BCUT2D eigenvalue weighted by molar-refractivity contribution is 5.92. The third-order valence-electron chi connectivity index (χ3n) is 4.30. The number of carbonyl (C=O) groups is 1. The van der Waals surface area contributed by atoms with Gasteiger partial charge in [-0.3, -0.25) is 9.20 Å². The number of hydrogen-bond acceptors (Lipinski definition) is 5. The van der Waals surface area contributed by atoms with E-state index in [1.54, 1.807) is 7.05 Å². The van der Waals surface area contributed by atoms with E-state index < -0.39 is 17.6 Å². The molecule has 0 aromatic carbocycles. The van der Waals surface area contributed by atoms with Gasteiger partial charge in [0.05, 0.1) is 17.3 Å². The number of fused-ring (bicyclic) bond motifs is 1. The lowest BCUT2D eigenvalue weighted by Gasteiger charge is -2.16. The van der Waals surface area contributed by atoms with Crippen LogP contribution in [0.25, 0.3) is 17.0 Å². The maximum atomic E-state index is 13.3. The van der Waals surface area contributed by atoms with Crippen molar-refractivity contribution in [2.45, 2.75) is 19.0 Å². The van der Waals surface area contributed by atoms with E-state index in [1.807, 2.05) is 0 Å². The molecular formula is C16H14F3N5O2. The van der Waals surface area contributed by atoms with E-state index in [9.17, 15) is 18.0 Å². The molecule has 3 aromatic heterocycles. The Labute approximate surface area is 145 Å². The lowest BCUT2D eigenvalue weighted by molar-refractivity contribution is -0.137. The lowest BCUT2D eigenvalue weighted by Crippen LogP contribution is -2.30. The van der Waals surface area contributed by atoms with E-state index in [4.69, 9.17) is 4.42 Å². The van der Waals surface area contributed by atoms with Gasteiger partial charge in [-0.15, -0.1) is 10.2 Å². The van der Waals surface area contributed by atoms with Crippen LogP contribution < -0.4 is 0 Å². The first kappa shape index (κ1) is 16.6. The molecule has 4 rings (SSSR count). The van der Waals surface area contributed by atoms with Gasteiger partial charge in [0.15, 0.2) is 17.8 Å². The Balaban J connectivity index is 1.85. The van der Waals surface area contributed by atoms with Crippen LogP contribution in [0, 0.1) is 5.92 Å².